The minimum Gasteiger partial charge on any atom is -0.309 e. The number of hydrogen-bond donors (Lipinski definition) is 2. The average Bonchev–Trinajstić information content (AvgIpc) is 3.23. The fourth-order valence-electron chi connectivity index (χ4n) is 2.46. The van der Waals surface area contributed by atoms with Gasteiger partial charge in [-0.1, -0.05) is 11.3 Å². The van der Waals surface area contributed by atoms with Gasteiger partial charge in [0.2, 0.25) is 11.8 Å². The summed E-state index contributed by atoms with van der Waals surface area (Å²) in [4.78, 5) is 38.9. The molecule has 0 aliphatic rings. The number of nitrogens with one attached hydrogen (secondary N) is 2. The molecule has 0 fully saturated rings. The van der Waals surface area contributed by atoms with Crippen LogP contribution < -0.4 is 10.6 Å². The highest BCUT2D eigenvalue weighted by molar-refractivity contribution is 7.15. The Kier molecular flexibility index (Phi) is 6.74. The molecule has 3 heterocycles. The second-order valence-corrected chi connectivity index (χ2v) is 7.45. The number of carbonyl (C=O) groups is 2. The number of pyridine rings is 1. The summed E-state index contributed by atoms with van der Waals surface area (Å²) in [5, 5.41) is 13.1. The van der Waals surface area contributed by atoms with Gasteiger partial charge >= 0.3 is 6.18 Å². The van der Waals surface area contributed by atoms with Gasteiger partial charge in [-0.2, -0.15) is 18.4 Å². The molecule has 3 aromatic heterocycles. The lowest BCUT2D eigenvalue weighted by Crippen LogP contribution is -2.19. The second kappa shape index (κ2) is 9.48. The number of amides is 2. The maximum atomic E-state index is 12.7. The summed E-state index contributed by atoms with van der Waals surface area (Å²) in [6.45, 7) is 1.58. The molecule has 164 valence electrons. The molecule has 13 heteroatoms. The third-order valence-electron chi connectivity index (χ3n) is 4.12. The van der Waals surface area contributed by atoms with Gasteiger partial charge in [0.1, 0.15) is 11.3 Å². The van der Waals surface area contributed by atoms with Gasteiger partial charge in [-0.3, -0.25) is 19.6 Å². The van der Waals surface area contributed by atoms with Crippen LogP contribution in [0, 0.1) is 11.3 Å². The quantitative estimate of drug-likeness (QED) is 0.573. The molecule has 2 N–H and O–H groups in total. The lowest BCUT2D eigenvalue weighted by atomic mass is 10.0. The standard InChI is InChI=1S/C19H14F3N7O2S/c1-10(17(31)29-18-27-8-14(32-18)19(20,21)22)11-4-12(6-24-5-11)13-7-26-15(9-25-13)28-16(30)2-3-23/h4-10H,2H2,1H3,(H,26,28,30)(H,27,29,31). The van der Waals surface area contributed by atoms with Crippen molar-refractivity contribution in [2.45, 2.75) is 25.4 Å². The molecule has 32 heavy (non-hydrogen) atoms. The summed E-state index contributed by atoms with van der Waals surface area (Å²) in [5.41, 5.74) is 1.46. The van der Waals surface area contributed by atoms with Gasteiger partial charge in [0, 0.05) is 18.0 Å². The van der Waals surface area contributed by atoms with Crippen molar-refractivity contribution in [1.29, 1.82) is 5.26 Å². The van der Waals surface area contributed by atoms with Crippen molar-refractivity contribution >= 4 is 34.1 Å². The molecule has 9 nitrogen and oxygen atoms in total. The molecule has 0 bridgehead atoms. The Morgan fingerprint density at radius 2 is 1.91 bits per heavy atom. The minimum atomic E-state index is -4.53. The molecule has 0 saturated carbocycles. The fraction of sp³-hybridized carbons (Fsp3) is 0.211. The van der Waals surface area contributed by atoms with E-state index in [1.165, 1.54) is 24.8 Å². The van der Waals surface area contributed by atoms with Crippen LogP contribution in [0.15, 0.2) is 37.1 Å². The van der Waals surface area contributed by atoms with Crippen LogP contribution in [-0.2, 0) is 15.8 Å². The number of carbonyl (C=O) groups excluding carboxylic acids is 2. The second-order valence-electron chi connectivity index (χ2n) is 6.42. The third-order valence-corrected chi connectivity index (χ3v) is 5.08. The number of nitrogens with zero attached hydrogens (tertiary/aromatic N) is 5. The van der Waals surface area contributed by atoms with Crippen molar-refractivity contribution in [3.05, 3.63) is 47.5 Å². The third kappa shape index (κ3) is 5.61. The molecule has 0 aliphatic heterocycles. The van der Waals surface area contributed by atoms with E-state index in [0.29, 0.717) is 34.4 Å². The first-order valence-corrected chi connectivity index (χ1v) is 9.77. The van der Waals surface area contributed by atoms with E-state index in [0.717, 1.165) is 0 Å². The Labute approximate surface area is 183 Å². The van der Waals surface area contributed by atoms with Gasteiger partial charge in [0.25, 0.3) is 0 Å². The largest absolute Gasteiger partial charge is 0.427 e. The lowest BCUT2D eigenvalue weighted by molar-refractivity contribution is -0.134. The highest BCUT2D eigenvalue weighted by Crippen LogP contribution is 2.35. The van der Waals surface area contributed by atoms with Crippen molar-refractivity contribution in [2.75, 3.05) is 10.6 Å². The number of rotatable bonds is 6. The first-order chi connectivity index (χ1) is 15.2. The van der Waals surface area contributed by atoms with Crippen LogP contribution in [0.3, 0.4) is 0 Å². The molecule has 0 spiro atoms. The number of alkyl halides is 3. The predicted molar refractivity (Wildman–Crippen MR) is 108 cm³/mol. The van der Waals surface area contributed by atoms with Crippen molar-refractivity contribution in [3.8, 4) is 17.3 Å². The number of anilines is 2. The maximum absolute atomic E-state index is 12.7. The molecule has 0 saturated heterocycles. The van der Waals surface area contributed by atoms with E-state index in [9.17, 15) is 22.8 Å². The van der Waals surface area contributed by atoms with Crippen molar-refractivity contribution in [1.82, 2.24) is 19.9 Å². The van der Waals surface area contributed by atoms with Crippen molar-refractivity contribution in [3.63, 3.8) is 0 Å². The van der Waals surface area contributed by atoms with Crippen LogP contribution in [-0.4, -0.2) is 31.8 Å². The summed E-state index contributed by atoms with van der Waals surface area (Å²) < 4.78 is 38.1. The molecular weight excluding hydrogens is 447 g/mol. The molecular formula is C19H14F3N7O2S. The first kappa shape index (κ1) is 22.8. The summed E-state index contributed by atoms with van der Waals surface area (Å²) in [7, 11) is 0. The zero-order valence-electron chi connectivity index (χ0n) is 16.3. The van der Waals surface area contributed by atoms with E-state index in [-0.39, 0.29) is 17.4 Å². The van der Waals surface area contributed by atoms with E-state index in [4.69, 9.17) is 5.26 Å². The van der Waals surface area contributed by atoms with Gasteiger partial charge in [-0.25, -0.2) is 9.97 Å². The number of hydrogen-bond acceptors (Lipinski definition) is 8. The van der Waals surface area contributed by atoms with Crippen LogP contribution in [0.5, 0.6) is 0 Å². The number of thiazole rings is 1. The van der Waals surface area contributed by atoms with Crippen LogP contribution in [0.25, 0.3) is 11.3 Å². The summed E-state index contributed by atoms with van der Waals surface area (Å²) in [6.07, 6.45) is 1.49. The molecule has 0 aromatic carbocycles. The lowest BCUT2D eigenvalue weighted by Gasteiger charge is -2.12. The molecule has 0 radical (unpaired) electrons. The van der Waals surface area contributed by atoms with Gasteiger partial charge < -0.3 is 10.6 Å². The molecule has 0 aliphatic carbocycles. The molecule has 3 aromatic rings. The van der Waals surface area contributed by atoms with Crippen LogP contribution in [0.4, 0.5) is 24.1 Å². The Balaban J connectivity index is 1.71. The summed E-state index contributed by atoms with van der Waals surface area (Å²) in [5.74, 6) is -1.62. The van der Waals surface area contributed by atoms with Gasteiger partial charge in [-0.15, -0.1) is 0 Å². The Morgan fingerprint density at radius 1 is 1.12 bits per heavy atom. The normalized spacial score (nSPS) is 12.0. The smallest absolute Gasteiger partial charge is 0.309 e. The SMILES string of the molecule is CC(C(=O)Nc1ncc(C(F)(F)F)s1)c1cncc(-c2cnc(NC(=O)CC#N)cn2)c1. The average molecular weight is 461 g/mol. The summed E-state index contributed by atoms with van der Waals surface area (Å²) in [6, 6.07) is 3.37. The van der Waals surface area contributed by atoms with Crippen LogP contribution in [0.1, 0.15) is 29.7 Å². The zero-order valence-corrected chi connectivity index (χ0v) is 17.2. The van der Waals surface area contributed by atoms with Gasteiger partial charge in [0.15, 0.2) is 10.9 Å². The van der Waals surface area contributed by atoms with Gasteiger partial charge in [0.05, 0.1) is 36.3 Å². The molecule has 3 rings (SSSR count). The minimum absolute atomic E-state index is 0.154. The van der Waals surface area contributed by atoms with Crippen LogP contribution in [0.2, 0.25) is 0 Å². The highest BCUT2D eigenvalue weighted by Gasteiger charge is 2.33. The molecule has 2 amide bonds. The fourth-order valence-corrected chi connectivity index (χ4v) is 3.15. The number of halogens is 3. The van der Waals surface area contributed by atoms with Crippen molar-refractivity contribution < 1.29 is 22.8 Å². The maximum Gasteiger partial charge on any atom is 0.427 e. The van der Waals surface area contributed by atoms with E-state index in [1.807, 2.05) is 0 Å². The van der Waals surface area contributed by atoms with Gasteiger partial charge in [-0.05, 0) is 18.6 Å². The number of aromatic nitrogens is 4. The Bertz CT molecular complexity index is 1170. The number of nitriles is 1. The van der Waals surface area contributed by atoms with Crippen molar-refractivity contribution in [2.24, 2.45) is 0 Å². The highest BCUT2D eigenvalue weighted by atomic mass is 32.1. The topological polar surface area (TPSA) is 134 Å². The Hall–Kier alpha value is -3.92. The monoisotopic (exact) mass is 461 g/mol. The van der Waals surface area contributed by atoms with E-state index >= 15 is 0 Å². The molecule has 1 unspecified atom stereocenters. The summed E-state index contributed by atoms with van der Waals surface area (Å²) >= 11 is 0.340. The van der Waals surface area contributed by atoms with E-state index in [1.54, 1.807) is 19.1 Å². The zero-order chi connectivity index (χ0) is 23.3. The molecule has 1 atom stereocenters. The first-order valence-electron chi connectivity index (χ1n) is 8.95. The predicted octanol–water partition coefficient (Wildman–Crippen LogP) is 3.61. The van der Waals surface area contributed by atoms with Crippen LogP contribution >= 0.6 is 11.3 Å². The van der Waals surface area contributed by atoms with E-state index in [2.05, 4.69) is 30.6 Å². The van der Waals surface area contributed by atoms with E-state index < -0.39 is 28.8 Å². The Morgan fingerprint density at radius 3 is 2.53 bits per heavy atom.